The molecular formula is C19H15ClNO4-. The standard InChI is InChI=1S/C19H16ClNO4/c1-8(2)14-10-4-5-11(14)16-15(10)17(22)21(18(16)23)9-3-6-13(20)12(7-9)19(24)25/h3-7,10-11,15-16H,1-2H3,(H,24,25)/p-1/t10-,11+,15-,16-/m1/s1. The van der Waals surface area contributed by atoms with E-state index in [9.17, 15) is 19.5 Å². The van der Waals surface area contributed by atoms with E-state index in [0.717, 1.165) is 10.5 Å². The van der Waals surface area contributed by atoms with E-state index in [1.807, 2.05) is 26.0 Å². The minimum absolute atomic E-state index is 0.0107. The predicted molar refractivity (Wildman–Crippen MR) is 89.7 cm³/mol. The van der Waals surface area contributed by atoms with Crippen LogP contribution in [0.5, 0.6) is 0 Å². The zero-order chi connectivity index (χ0) is 18.0. The molecule has 3 aliphatic rings. The van der Waals surface area contributed by atoms with Crippen LogP contribution in [0, 0.1) is 23.7 Å². The van der Waals surface area contributed by atoms with Gasteiger partial charge in [-0.1, -0.05) is 34.9 Å². The molecule has 0 N–H and O–H groups in total. The molecule has 4 rings (SSSR count). The van der Waals surface area contributed by atoms with Crippen LogP contribution in [-0.2, 0) is 9.59 Å². The fourth-order valence-electron chi connectivity index (χ4n) is 4.49. The van der Waals surface area contributed by atoms with Gasteiger partial charge in [-0.2, -0.15) is 0 Å². The van der Waals surface area contributed by atoms with Gasteiger partial charge in [0.15, 0.2) is 0 Å². The molecule has 25 heavy (non-hydrogen) atoms. The lowest BCUT2D eigenvalue weighted by Gasteiger charge is -2.20. The largest absolute Gasteiger partial charge is 0.545 e. The summed E-state index contributed by atoms with van der Waals surface area (Å²) in [6.45, 7) is 4.00. The van der Waals surface area contributed by atoms with Crippen LogP contribution in [0.1, 0.15) is 24.2 Å². The Morgan fingerprint density at radius 1 is 1.08 bits per heavy atom. The Morgan fingerprint density at radius 3 is 2.12 bits per heavy atom. The second kappa shape index (κ2) is 5.30. The number of rotatable bonds is 2. The van der Waals surface area contributed by atoms with E-state index in [1.54, 1.807) is 0 Å². The first-order chi connectivity index (χ1) is 11.8. The number of carboxylic acid groups (broad SMARTS) is 1. The summed E-state index contributed by atoms with van der Waals surface area (Å²) in [6.07, 6.45) is 4.02. The van der Waals surface area contributed by atoms with Gasteiger partial charge >= 0.3 is 0 Å². The highest BCUT2D eigenvalue weighted by Crippen LogP contribution is 2.57. The molecule has 1 aromatic rings. The zero-order valence-corrected chi connectivity index (χ0v) is 14.4. The Labute approximate surface area is 149 Å². The molecule has 4 atom stereocenters. The van der Waals surface area contributed by atoms with Gasteiger partial charge in [0.2, 0.25) is 11.8 Å². The highest BCUT2D eigenvalue weighted by Gasteiger charge is 2.61. The monoisotopic (exact) mass is 356 g/mol. The van der Waals surface area contributed by atoms with Crippen LogP contribution in [0.15, 0.2) is 41.5 Å². The molecule has 0 spiro atoms. The third-order valence-corrected chi connectivity index (χ3v) is 5.75. The van der Waals surface area contributed by atoms with Gasteiger partial charge in [-0.25, -0.2) is 4.90 Å². The quantitative estimate of drug-likeness (QED) is 0.599. The third-order valence-electron chi connectivity index (χ3n) is 5.42. The van der Waals surface area contributed by atoms with Crippen LogP contribution in [0.4, 0.5) is 5.69 Å². The number of amides is 2. The van der Waals surface area contributed by atoms with E-state index in [4.69, 9.17) is 11.6 Å². The Balaban J connectivity index is 1.76. The first kappa shape index (κ1) is 16.1. The van der Waals surface area contributed by atoms with Crippen LogP contribution >= 0.6 is 11.6 Å². The van der Waals surface area contributed by atoms with Crippen LogP contribution in [0.2, 0.25) is 5.02 Å². The lowest BCUT2D eigenvalue weighted by Crippen LogP contribution is -2.33. The van der Waals surface area contributed by atoms with Crippen molar-refractivity contribution < 1.29 is 19.5 Å². The Kier molecular flexibility index (Phi) is 3.41. The van der Waals surface area contributed by atoms with Crippen molar-refractivity contribution in [1.82, 2.24) is 0 Å². The number of fused-ring (bicyclic) bond motifs is 5. The highest BCUT2D eigenvalue weighted by molar-refractivity contribution is 6.33. The number of imide groups is 1. The summed E-state index contributed by atoms with van der Waals surface area (Å²) in [7, 11) is 0. The smallest absolute Gasteiger partial charge is 0.238 e. The number of hydrogen-bond acceptors (Lipinski definition) is 4. The van der Waals surface area contributed by atoms with Gasteiger partial charge in [0.1, 0.15) is 0 Å². The number of allylic oxidation sites excluding steroid dienone is 4. The Hall–Kier alpha value is -2.40. The number of nitrogens with zero attached hydrogens (tertiary/aromatic N) is 1. The van der Waals surface area contributed by atoms with Crippen molar-refractivity contribution in [2.75, 3.05) is 4.90 Å². The summed E-state index contributed by atoms with van der Waals surface area (Å²) < 4.78 is 0. The molecule has 1 aromatic carbocycles. The summed E-state index contributed by atoms with van der Waals surface area (Å²) in [6, 6.07) is 4.08. The van der Waals surface area contributed by atoms with E-state index in [0.29, 0.717) is 0 Å². The Morgan fingerprint density at radius 2 is 1.64 bits per heavy atom. The molecule has 2 fully saturated rings. The highest BCUT2D eigenvalue weighted by atomic mass is 35.5. The lowest BCUT2D eigenvalue weighted by atomic mass is 9.85. The van der Waals surface area contributed by atoms with Gasteiger partial charge in [-0.15, -0.1) is 0 Å². The lowest BCUT2D eigenvalue weighted by molar-refractivity contribution is -0.255. The maximum Gasteiger partial charge on any atom is 0.238 e. The number of hydrogen-bond donors (Lipinski definition) is 0. The summed E-state index contributed by atoms with van der Waals surface area (Å²) in [5.41, 5.74) is 2.31. The van der Waals surface area contributed by atoms with Crippen molar-refractivity contribution in [2.24, 2.45) is 23.7 Å². The van der Waals surface area contributed by atoms with Gasteiger partial charge in [0.25, 0.3) is 0 Å². The van der Waals surface area contributed by atoms with Crippen molar-refractivity contribution >= 4 is 35.1 Å². The SMILES string of the molecule is CC(C)=C1[C@H]2C=C[C@@H]1[C@H]1C(=O)N(c3ccc(Cl)c(C(=O)[O-])c3)C(=O)[C@@H]12. The molecule has 2 bridgehead atoms. The molecule has 6 heteroatoms. The summed E-state index contributed by atoms with van der Waals surface area (Å²) in [4.78, 5) is 38.2. The maximum absolute atomic E-state index is 13.0. The minimum Gasteiger partial charge on any atom is -0.545 e. The molecule has 0 unspecified atom stereocenters. The number of aromatic carboxylic acids is 1. The predicted octanol–water partition coefficient (Wildman–Crippen LogP) is 1.96. The number of carbonyl (C=O) groups is 3. The number of anilines is 1. The van der Waals surface area contributed by atoms with Crippen LogP contribution in [-0.4, -0.2) is 17.8 Å². The molecule has 2 aliphatic carbocycles. The van der Waals surface area contributed by atoms with Crippen LogP contribution < -0.4 is 10.0 Å². The normalized spacial score (nSPS) is 29.6. The number of benzene rings is 1. The van der Waals surface area contributed by atoms with Gasteiger partial charge in [0, 0.05) is 22.4 Å². The van der Waals surface area contributed by atoms with Gasteiger partial charge < -0.3 is 9.90 Å². The Bertz CT molecular complexity index is 863. The number of carbonyl (C=O) groups excluding carboxylic acids is 3. The number of halogens is 1. The molecule has 1 saturated carbocycles. The average molecular weight is 357 g/mol. The molecule has 2 amide bonds. The fourth-order valence-corrected chi connectivity index (χ4v) is 4.69. The second-order valence-corrected chi connectivity index (χ2v) is 7.31. The summed E-state index contributed by atoms with van der Waals surface area (Å²) in [5.74, 6) is -2.91. The molecule has 1 aliphatic heterocycles. The van der Waals surface area contributed by atoms with Crippen LogP contribution in [0.25, 0.3) is 0 Å². The first-order valence-corrected chi connectivity index (χ1v) is 8.45. The summed E-state index contributed by atoms with van der Waals surface area (Å²) >= 11 is 5.85. The van der Waals surface area contributed by atoms with Crippen molar-refractivity contribution in [2.45, 2.75) is 13.8 Å². The average Bonchev–Trinajstić information content (AvgIpc) is 3.18. The topological polar surface area (TPSA) is 77.5 Å². The van der Waals surface area contributed by atoms with E-state index < -0.39 is 17.8 Å². The molecule has 1 saturated heterocycles. The van der Waals surface area contributed by atoms with Crippen molar-refractivity contribution in [3.63, 3.8) is 0 Å². The van der Waals surface area contributed by atoms with E-state index in [1.165, 1.54) is 23.8 Å². The van der Waals surface area contributed by atoms with Gasteiger partial charge in [-0.05, 0) is 32.0 Å². The van der Waals surface area contributed by atoms with Crippen molar-refractivity contribution in [3.05, 3.63) is 52.1 Å². The fraction of sp³-hybridized carbons (Fsp3) is 0.316. The molecule has 0 aromatic heterocycles. The molecule has 5 nitrogen and oxygen atoms in total. The maximum atomic E-state index is 13.0. The van der Waals surface area contributed by atoms with E-state index >= 15 is 0 Å². The minimum atomic E-state index is -1.44. The first-order valence-electron chi connectivity index (χ1n) is 8.07. The van der Waals surface area contributed by atoms with Gasteiger partial charge in [-0.3, -0.25) is 9.59 Å². The number of carboxylic acids is 1. The molecule has 1 heterocycles. The second-order valence-electron chi connectivity index (χ2n) is 6.91. The van der Waals surface area contributed by atoms with Crippen molar-refractivity contribution in [1.29, 1.82) is 0 Å². The van der Waals surface area contributed by atoms with Crippen LogP contribution in [0.3, 0.4) is 0 Å². The zero-order valence-electron chi connectivity index (χ0n) is 13.7. The molecule has 128 valence electrons. The third kappa shape index (κ3) is 2.05. The van der Waals surface area contributed by atoms with E-state index in [-0.39, 0.29) is 39.9 Å². The van der Waals surface area contributed by atoms with Gasteiger partial charge in [0.05, 0.1) is 23.5 Å². The molecule has 0 radical (unpaired) electrons. The summed E-state index contributed by atoms with van der Waals surface area (Å²) in [5, 5.41) is 11.2. The van der Waals surface area contributed by atoms with Crippen molar-refractivity contribution in [3.8, 4) is 0 Å². The molecular weight excluding hydrogens is 342 g/mol. The van der Waals surface area contributed by atoms with E-state index in [2.05, 4.69) is 0 Å².